The number of hydrogen-bond donors (Lipinski definition) is 1. The fraction of sp³-hybridized carbons (Fsp3) is 0.267. The minimum Gasteiger partial charge on any atom is -0.462 e. The van der Waals surface area contributed by atoms with Crippen LogP contribution in [0.2, 0.25) is 0 Å². The van der Waals surface area contributed by atoms with E-state index < -0.39 is 0 Å². The Morgan fingerprint density at radius 2 is 2.15 bits per heavy atom. The summed E-state index contributed by atoms with van der Waals surface area (Å²) >= 11 is 5.21. The summed E-state index contributed by atoms with van der Waals surface area (Å²) in [5, 5.41) is 5.41. The molecule has 1 aromatic heterocycles. The Morgan fingerprint density at radius 1 is 1.40 bits per heavy atom. The second-order valence-corrected chi connectivity index (χ2v) is 6.07. The van der Waals surface area contributed by atoms with E-state index in [2.05, 4.69) is 28.2 Å². The molecule has 0 aliphatic carbocycles. The van der Waals surface area contributed by atoms with Crippen molar-refractivity contribution < 1.29 is 9.53 Å². The third-order valence-corrected chi connectivity index (χ3v) is 4.89. The van der Waals surface area contributed by atoms with Gasteiger partial charge in [-0.05, 0) is 53.4 Å². The van der Waals surface area contributed by atoms with Gasteiger partial charge in [-0.1, -0.05) is 12.1 Å². The average molecular weight is 354 g/mol. The summed E-state index contributed by atoms with van der Waals surface area (Å²) in [7, 11) is 0. The topological polar surface area (TPSA) is 38.3 Å². The number of anilines is 1. The first kappa shape index (κ1) is 15.1. The van der Waals surface area contributed by atoms with E-state index in [1.165, 1.54) is 4.88 Å². The van der Waals surface area contributed by atoms with E-state index in [1.807, 2.05) is 29.6 Å². The van der Waals surface area contributed by atoms with Crippen molar-refractivity contribution in [1.82, 2.24) is 0 Å². The van der Waals surface area contributed by atoms with Gasteiger partial charge in [0.15, 0.2) is 0 Å². The van der Waals surface area contributed by atoms with Crippen molar-refractivity contribution >= 4 is 38.9 Å². The molecule has 0 spiro atoms. The van der Waals surface area contributed by atoms with Crippen molar-refractivity contribution in [3.8, 4) is 0 Å². The van der Waals surface area contributed by atoms with Crippen LogP contribution in [-0.2, 0) is 4.74 Å². The number of nitrogens with one attached hydrogen (secondary N) is 1. The molecule has 2 rings (SSSR count). The lowest BCUT2D eigenvalue weighted by atomic mass is 10.1. The zero-order chi connectivity index (χ0) is 14.5. The first-order chi connectivity index (χ1) is 9.63. The normalized spacial score (nSPS) is 11.9. The SMILES string of the molecule is CCOC(=O)c1ccccc1NC(C)c1sccc1Br. The Balaban J connectivity index is 2.21. The summed E-state index contributed by atoms with van der Waals surface area (Å²) in [5.74, 6) is -0.298. The van der Waals surface area contributed by atoms with E-state index in [1.54, 1.807) is 24.3 Å². The third kappa shape index (κ3) is 3.41. The van der Waals surface area contributed by atoms with Crippen LogP contribution in [0.25, 0.3) is 0 Å². The molecule has 2 aromatic rings. The highest BCUT2D eigenvalue weighted by molar-refractivity contribution is 9.10. The van der Waals surface area contributed by atoms with E-state index in [0.29, 0.717) is 12.2 Å². The van der Waals surface area contributed by atoms with Gasteiger partial charge in [-0.15, -0.1) is 11.3 Å². The molecular weight excluding hydrogens is 338 g/mol. The maximum absolute atomic E-state index is 11.9. The van der Waals surface area contributed by atoms with Gasteiger partial charge in [0.1, 0.15) is 0 Å². The van der Waals surface area contributed by atoms with Crippen LogP contribution in [0.1, 0.15) is 35.1 Å². The van der Waals surface area contributed by atoms with E-state index in [4.69, 9.17) is 4.74 Å². The number of rotatable bonds is 5. The molecule has 3 nitrogen and oxygen atoms in total. The zero-order valence-electron chi connectivity index (χ0n) is 11.4. The van der Waals surface area contributed by atoms with Gasteiger partial charge in [-0.2, -0.15) is 0 Å². The molecule has 0 aliphatic rings. The first-order valence-electron chi connectivity index (χ1n) is 6.39. The first-order valence-corrected chi connectivity index (χ1v) is 8.06. The van der Waals surface area contributed by atoms with Crippen molar-refractivity contribution in [2.24, 2.45) is 0 Å². The van der Waals surface area contributed by atoms with Crippen LogP contribution in [-0.4, -0.2) is 12.6 Å². The standard InChI is InChI=1S/C15H16BrNO2S/c1-3-19-15(18)11-6-4-5-7-13(11)17-10(2)14-12(16)8-9-20-14/h4-10,17H,3H2,1-2H3. The lowest BCUT2D eigenvalue weighted by molar-refractivity contribution is 0.0527. The van der Waals surface area contributed by atoms with Crippen molar-refractivity contribution in [3.05, 3.63) is 50.6 Å². The number of thiophene rings is 1. The number of benzene rings is 1. The predicted octanol–water partition coefficient (Wildman–Crippen LogP) is 4.86. The zero-order valence-corrected chi connectivity index (χ0v) is 13.8. The van der Waals surface area contributed by atoms with Crippen LogP contribution >= 0.6 is 27.3 Å². The summed E-state index contributed by atoms with van der Waals surface area (Å²) in [6.45, 7) is 4.25. The van der Waals surface area contributed by atoms with Gasteiger partial charge in [0.05, 0.1) is 18.2 Å². The second-order valence-electron chi connectivity index (χ2n) is 4.26. The van der Waals surface area contributed by atoms with Crippen LogP contribution < -0.4 is 5.32 Å². The Hall–Kier alpha value is -1.33. The van der Waals surface area contributed by atoms with Crippen LogP contribution in [0.15, 0.2) is 40.2 Å². The molecule has 0 saturated heterocycles. The summed E-state index contributed by atoms with van der Waals surface area (Å²) in [6, 6.07) is 9.54. The van der Waals surface area contributed by atoms with E-state index in [9.17, 15) is 4.79 Å². The number of para-hydroxylation sites is 1. The Morgan fingerprint density at radius 3 is 2.80 bits per heavy atom. The number of hydrogen-bond acceptors (Lipinski definition) is 4. The van der Waals surface area contributed by atoms with Crippen molar-refractivity contribution in [3.63, 3.8) is 0 Å². The monoisotopic (exact) mass is 353 g/mol. The fourth-order valence-corrected chi connectivity index (χ4v) is 3.63. The largest absolute Gasteiger partial charge is 0.462 e. The molecule has 0 amide bonds. The molecular formula is C15H16BrNO2S. The molecule has 1 aromatic carbocycles. The molecule has 20 heavy (non-hydrogen) atoms. The van der Waals surface area contributed by atoms with E-state index in [-0.39, 0.29) is 12.0 Å². The fourth-order valence-electron chi connectivity index (χ4n) is 1.91. The maximum Gasteiger partial charge on any atom is 0.340 e. The van der Waals surface area contributed by atoms with Crippen molar-refractivity contribution in [2.45, 2.75) is 19.9 Å². The lowest BCUT2D eigenvalue weighted by Crippen LogP contribution is -2.12. The van der Waals surface area contributed by atoms with Gasteiger partial charge < -0.3 is 10.1 Å². The molecule has 106 valence electrons. The summed E-state index contributed by atoms with van der Waals surface area (Å²) < 4.78 is 6.16. The predicted molar refractivity (Wildman–Crippen MR) is 86.5 cm³/mol. The molecule has 0 aliphatic heterocycles. The van der Waals surface area contributed by atoms with Crippen LogP contribution in [0, 0.1) is 0 Å². The molecule has 0 radical (unpaired) electrons. The van der Waals surface area contributed by atoms with Crippen LogP contribution in [0.5, 0.6) is 0 Å². The van der Waals surface area contributed by atoms with Gasteiger partial charge >= 0.3 is 5.97 Å². The smallest absolute Gasteiger partial charge is 0.340 e. The maximum atomic E-state index is 11.9. The Kier molecular flexibility index (Phi) is 5.20. The summed E-state index contributed by atoms with van der Waals surface area (Å²) in [6.07, 6.45) is 0. The number of ether oxygens (including phenoxy) is 1. The summed E-state index contributed by atoms with van der Waals surface area (Å²) in [4.78, 5) is 13.1. The third-order valence-electron chi connectivity index (χ3n) is 2.83. The molecule has 1 N–H and O–H groups in total. The van der Waals surface area contributed by atoms with Crippen LogP contribution in [0.4, 0.5) is 5.69 Å². The van der Waals surface area contributed by atoms with Gasteiger partial charge in [0.25, 0.3) is 0 Å². The number of carbonyl (C=O) groups excluding carboxylic acids is 1. The average Bonchev–Trinajstić information content (AvgIpc) is 2.86. The van der Waals surface area contributed by atoms with E-state index >= 15 is 0 Å². The molecule has 0 bridgehead atoms. The molecule has 1 atom stereocenters. The van der Waals surface area contributed by atoms with Gasteiger partial charge in [0, 0.05) is 15.0 Å². The quantitative estimate of drug-likeness (QED) is 0.780. The van der Waals surface area contributed by atoms with Gasteiger partial charge in [0.2, 0.25) is 0 Å². The highest BCUT2D eigenvalue weighted by atomic mass is 79.9. The number of halogens is 1. The second kappa shape index (κ2) is 6.90. The Bertz CT molecular complexity index is 597. The summed E-state index contributed by atoms with van der Waals surface area (Å²) in [5.41, 5.74) is 1.35. The van der Waals surface area contributed by atoms with E-state index in [0.717, 1.165) is 10.2 Å². The lowest BCUT2D eigenvalue weighted by Gasteiger charge is -2.17. The van der Waals surface area contributed by atoms with Crippen molar-refractivity contribution in [2.75, 3.05) is 11.9 Å². The van der Waals surface area contributed by atoms with Crippen LogP contribution in [0.3, 0.4) is 0 Å². The minimum absolute atomic E-state index is 0.111. The molecule has 1 unspecified atom stereocenters. The highest BCUT2D eigenvalue weighted by Crippen LogP contribution is 2.31. The molecule has 0 fully saturated rings. The number of carbonyl (C=O) groups is 1. The molecule has 1 heterocycles. The highest BCUT2D eigenvalue weighted by Gasteiger charge is 2.16. The van der Waals surface area contributed by atoms with Crippen molar-refractivity contribution in [1.29, 1.82) is 0 Å². The molecule has 5 heteroatoms. The number of esters is 1. The minimum atomic E-state index is -0.298. The Labute approximate surface area is 131 Å². The molecule has 0 saturated carbocycles. The van der Waals surface area contributed by atoms with Gasteiger partial charge in [-0.25, -0.2) is 4.79 Å². The van der Waals surface area contributed by atoms with Gasteiger partial charge in [-0.3, -0.25) is 0 Å².